The molecule has 19 heavy (non-hydrogen) atoms. The highest BCUT2D eigenvalue weighted by Gasteiger charge is 2.36. The van der Waals surface area contributed by atoms with E-state index in [1.165, 1.54) is 0 Å². The normalized spacial score (nSPS) is 23.7. The summed E-state index contributed by atoms with van der Waals surface area (Å²) in [5.74, 6) is 0.0386. The summed E-state index contributed by atoms with van der Waals surface area (Å²) in [5.41, 5.74) is 0. The van der Waals surface area contributed by atoms with E-state index in [2.05, 4.69) is 5.32 Å². The number of hydrogen-bond acceptors (Lipinski definition) is 4. The molecule has 0 spiro atoms. The lowest BCUT2D eigenvalue weighted by molar-refractivity contribution is -0.146. The first-order valence-electron chi connectivity index (χ1n) is 7.10. The van der Waals surface area contributed by atoms with Crippen LogP contribution in [-0.2, 0) is 14.3 Å². The summed E-state index contributed by atoms with van der Waals surface area (Å²) in [4.78, 5) is 28.0. The smallest absolute Gasteiger partial charge is 0.249 e. The average Bonchev–Trinajstić information content (AvgIpc) is 2.94. The number of hydrogen-bond donors (Lipinski definition) is 1. The van der Waals surface area contributed by atoms with Gasteiger partial charge in [-0.2, -0.15) is 0 Å². The molecule has 0 aromatic rings. The van der Waals surface area contributed by atoms with E-state index in [0.717, 1.165) is 39.0 Å². The van der Waals surface area contributed by atoms with Crippen LogP contribution in [0.25, 0.3) is 0 Å². The van der Waals surface area contributed by atoms with Gasteiger partial charge >= 0.3 is 0 Å². The number of ether oxygens (including phenoxy) is 1. The van der Waals surface area contributed by atoms with Crippen molar-refractivity contribution in [2.45, 2.75) is 25.8 Å². The fourth-order valence-corrected chi connectivity index (χ4v) is 2.69. The molecule has 2 aliphatic rings. The van der Waals surface area contributed by atoms with Crippen LogP contribution in [0, 0.1) is 0 Å². The fraction of sp³-hybridized carbons (Fsp3) is 0.846. The Morgan fingerprint density at radius 3 is 2.68 bits per heavy atom. The molecule has 6 nitrogen and oxygen atoms in total. The van der Waals surface area contributed by atoms with Gasteiger partial charge in [-0.25, -0.2) is 0 Å². The van der Waals surface area contributed by atoms with E-state index >= 15 is 0 Å². The molecule has 2 rings (SSSR count). The van der Waals surface area contributed by atoms with Crippen molar-refractivity contribution in [2.24, 2.45) is 0 Å². The number of nitrogens with one attached hydrogen (secondary N) is 1. The molecular weight excluding hydrogens is 246 g/mol. The van der Waals surface area contributed by atoms with E-state index in [0.29, 0.717) is 13.2 Å². The molecule has 2 heterocycles. The van der Waals surface area contributed by atoms with Gasteiger partial charge < -0.3 is 19.9 Å². The highest BCUT2D eigenvalue weighted by molar-refractivity contribution is 5.88. The third-order valence-electron chi connectivity index (χ3n) is 3.72. The molecule has 0 saturated carbocycles. The molecule has 0 bridgehead atoms. The van der Waals surface area contributed by atoms with Gasteiger partial charge in [-0.15, -0.1) is 0 Å². The number of nitrogens with zero attached hydrogens (tertiary/aromatic N) is 2. The molecule has 2 fully saturated rings. The SMILES string of the molecule is CCOCC(=O)N1CCCC1C(=O)N1CCNCC1. The maximum Gasteiger partial charge on any atom is 0.249 e. The van der Waals surface area contributed by atoms with E-state index in [9.17, 15) is 9.59 Å². The summed E-state index contributed by atoms with van der Waals surface area (Å²) in [5, 5.41) is 3.23. The zero-order valence-electron chi connectivity index (χ0n) is 11.6. The van der Waals surface area contributed by atoms with Crippen LogP contribution in [0.15, 0.2) is 0 Å². The third-order valence-corrected chi connectivity index (χ3v) is 3.72. The lowest BCUT2D eigenvalue weighted by Crippen LogP contribution is -2.53. The highest BCUT2D eigenvalue weighted by Crippen LogP contribution is 2.20. The van der Waals surface area contributed by atoms with Crippen molar-refractivity contribution in [2.75, 3.05) is 45.9 Å². The number of carbonyl (C=O) groups is 2. The Hall–Kier alpha value is -1.14. The molecule has 0 aromatic carbocycles. The van der Waals surface area contributed by atoms with Gasteiger partial charge in [0.25, 0.3) is 0 Å². The maximum absolute atomic E-state index is 12.5. The number of piperazine rings is 1. The molecule has 1 unspecified atom stereocenters. The Morgan fingerprint density at radius 2 is 2.00 bits per heavy atom. The lowest BCUT2D eigenvalue weighted by atomic mass is 10.1. The molecule has 2 amide bonds. The maximum atomic E-state index is 12.5. The van der Waals surface area contributed by atoms with Crippen LogP contribution in [0.1, 0.15) is 19.8 Å². The minimum Gasteiger partial charge on any atom is -0.372 e. The Bertz CT molecular complexity index is 329. The molecule has 6 heteroatoms. The van der Waals surface area contributed by atoms with Gasteiger partial charge in [0.1, 0.15) is 12.6 Å². The Morgan fingerprint density at radius 1 is 1.26 bits per heavy atom. The lowest BCUT2D eigenvalue weighted by Gasteiger charge is -2.32. The van der Waals surface area contributed by atoms with E-state index in [-0.39, 0.29) is 24.5 Å². The molecule has 0 aliphatic carbocycles. The van der Waals surface area contributed by atoms with Gasteiger partial charge in [0.05, 0.1) is 0 Å². The van der Waals surface area contributed by atoms with Crippen LogP contribution in [0.4, 0.5) is 0 Å². The van der Waals surface area contributed by atoms with Crippen molar-refractivity contribution in [3.05, 3.63) is 0 Å². The second-order valence-electron chi connectivity index (χ2n) is 4.96. The summed E-state index contributed by atoms with van der Waals surface area (Å²) in [6.45, 7) is 6.30. The van der Waals surface area contributed by atoms with E-state index in [4.69, 9.17) is 4.74 Å². The largest absolute Gasteiger partial charge is 0.372 e. The molecule has 0 aromatic heterocycles. The van der Waals surface area contributed by atoms with Crippen LogP contribution < -0.4 is 5.32 Å². The van der Waals surface area contributed by atoms with Gasteiger partial charge in [-0.05, 0) is 19.8 Å². The summed E-state index contributed by atoms with van der Waals surface area (Å²) in [7, 11) is 0. The van der Waals surface area contributed by atoms with Gasteiger partial charge in [0, 0.05) is 39.3 Å². The second kappa shape index (κ2) is 6.86. The van der Waals surface area contributed by atoms with Crippen LogP contribution in [0.2, 0.25) is 0 Å². The number of carbonyl (C=O) groups excluding carboxylic acids is 2. The Labute approximate surface area is 114 Å². The first-order valence-corrected chi connectivity index (χ1v) is 7.10. The summed E-state index contributed by atoms with van der Waals surface area (Å²) in [6, 6.07) is -0.272. The Kier molecular flexibility index (Phi) is 5.15. The molecule has 1 N–H and O–H groups in total. The predicted octanol–water partition coefficient (Wildman–Crippen LogP) is -0.554. The van der Waals surface area contributed by atoms with Crippen molar-refractivity contribution < 1.29 is 14.3 Å². The molecular formula is C13H23N3O3. The molecule has 2 aliphatic heterocycles. The first-order chi connectivity index (χ1) is 9.24. The number of amides is 2. The highest BCUT2D eigenvalue weighted by atomic mass is 16.5. The van der Waals surface area contributed by atoms with E-state index in [1.807, 2.05) is 11.8 Å². The second-order valence-corrected chi connectivity index (χ2v) is 4.96. The summed E-state index contributed by atoms with van der Waals surface area (Å²) in [6.07, 6.45) is 1.68. The van der Waals surface area contributed by atoms with Crippen molar-refractivity contribution >= 4 is 11.8 Å². The molecule has 108 valence electrons. The van der Waals surface area contributed by atoms with Gasteiger partial charge in [-0.3, -0.25) is 9.59 Å². The van der Waals surface area contributed by atoms with Gasteiger partial charge in [0.15, 0.2) is 0 Å². The average molecular weight is 269 g/mol. The van der Waals surface area contributed by atoms with Crippen molar-refractivity contribution in [3.8, 4) is 0 Å². The molecule has 2 saturated heterocycles. The van der Waals surface area contributed by atoms with Crippen molar-refractivity contribution in [1.29, 1.82) is 0 Å². The van der Waals surface area contributed by atoms with Gasteiger partial charge in [0.2, 0.25) is 11.8 Å². The quantitative estimate of drug-likeness (QED) is 0.743. The summed E-state index contributed by atoms with van der Waals surface area (Å²) < 4.78 is 5.16. The predicted molar refractivity (Wildman–Crippen MR) is 70.7 cm³/mol. The van der Waals surface area contributed by atoms with Crippen LogP contribution in [0.5, 0.6) is 0 Å². The molecule has 1 atom stereocenters. The fourth-order valence-electron chi connectivity index (χ4n) is 2.69. The minimum atomic E-state index is -0.272. The summed E-state index contributed by atoms with van der Waals surface area (Å²) >= 11 is 0. The van der Waals surface area contributed by atoms with Crippen molar-refractivity contribution in [3.63, 3.8) is 0 Å². The standard InChI is InChI=1S/C13H23N3O3/c1-2-19-10-12(17)16-7-3-4-11(16)13(18)15-8-5-14-6-9-15/h11,14H,2-10H2,1H3. The minimum absolute atomic E-state index is 0.0622. The number of rotatable bonds is 4. The Balaban J connectivity index is 1.93. The number of likely N-dealkylation sites (tertiary alicyclic amines) is 1. The first kappa shape index (κ1) is 14.3. The third kappa shape index (κ3) is 3.45. The zero-order chi connectivity index (χ0) is 13.7. The topological polar surface area (TPSA) is 61.9 Å². The van der Waals surface area contributed by atoms with Crippen LogP contribution in [0.3, 0.4) is 0 Å². The van der Waals surface area contributed by atoms with Crippen molar-refractivity contribution in [1.82, 2.24) is 15.1 Å². The van der Waals surface area contributed by atoms with E-state index < -0.39 is 0 Å². The van der Waals surface area contributed by atoms with Crippen LogP contribution in [-0.4, -0.2) is 73.6 Å². The van der Waals surface area contributed by atoms with Crippen LogP contribution >= 0.6 is 0 Å². The van der Waals surface area contributed by atoms with Gasteiger partial charge in [-0.1, -0.05) is 0 Å². The monoisotopic (exact) mass is 269 g/mol. The molecule has 0 radical (unpaired) electrons. The zero-order valence-corrected chi connectivity index (χ0v) is 11.6. The van der Waals surface area contributed by atoms with E-state index in [1.54, 1.807) is 4.90 Å².